The van der Waals surface area contributed by atoms with E-state index in [0.717, 1.165) is 12.0 Å². The summed E-state index contributed by atoms with van der Waals surface area (Å²) in [4.78, 5) is 11.7. The number of carbonyl (C=O) groups is 1. The van der Waals surface area contributed by atoms with E-state index < -0.39 is 29.9 Å². The van der Waals surface area contributed by atoms with Crippen molar-refractivity contribution >= 4 is 5.97 Å². The fourth-order valence-corrected chi connectivity index (χ4v) is 5.60. The van der Waals surface area contributed by atoms with E-state index in [1.807, 2.05) is 6.08 Å². The number of rotatable bonds is 2. The van der Waals surface area contributed by atoms with Gasteiger partial charge in [-0.25, -0.2) is 0 Å². The third kappa shape index (κ3) is 3.62. The van der Waals surface area contributed by atoms with E-state index in [2.05, 4.69) is 33.8 Å². The van der Waals surface area contributed by atoms with E-state index in [0.29, 0.717) is 6.42 Å². The molecule has 0 saturated carbocycles. The van der Waals surface area contributed by atoms with Gasteiger partial charge in [0.05, 0.1) is 18.3 Å². The van der Waals surface area contributed by atoms with Crippen molar-refractivity contribution in [3.05, 3.63) is 23.3 Å². The molecule has 0 amide bonds. The lowest BCUT2D eigenvalue weighted by Gasteiger charge is -2.45. The SMILES string of the molecule is CC(=O)O[C@H]1C/C=C(/C)C[C@H]2O[C@H]([C@H]3[C@@H]2C(C)=C[C@@H](O)[C@@H]3C(C)C)[C@]1(C)O. The van der Waals surface area contributed by atoms with E-state index >= 15 is 0 Å². The summed E-state index contributed by atoms with van der Waals surface area (Å²) >= 11 is 0. The molecule has 0 aromatic heterocycles. The van der Waals surface area contributed by atoms with Crippen LogP contribution in [0.2, 0.25) is 0 Å². The molecule has 1 saturated heterocycles. The Morgan fingerprint density at radius 1 is 1.37 bits per heavy atom. The van der Waals surface area contributed by atoms with Crippen LogP contribution in [0.3, 0.4) is 0 Å². The third-order valence-corrected chi connectivity index (χ3v) is 6.79. The van der Waals surface area contributed by atoms with Crippen molar-refractivity contribution in [3.8, 4) is 0 Å². The highest BCUT2D eigenvalue weighted by Crippen LogP contribution is 2.53. The summed E-state index contributed by atoms with van der Waals surface area (Å²) in [7, 11) is 0. The second-order valence-corrected chi connectivity index (χ2v) is 9.24. The van der Waals surface area contributed by atoms with Crippen LogP contribution in [0.4, 0.5) is 0 Å². The summed E-state index contributed by atoms with van der Waals surface area (Å²) < 4.78 is 12.0. The summed E-state index contributed by atoms with van der Waals surface area (Å²) in [5.74, 6) is -0.0476. The summed E-state index contributed by atoms with van der Waals surface area (Å²) in [5.41, 5.74) is 0.967. The molecule has 3 aliphatic rings. The molecule has 3 rings (SSSR count). The topological polar surface area (TPSA) is 76.0 Å². The lowest BCUT2D eigenvalue weighted by atomic mass is 9.61. The van der Waals surface area contributed by atoms with Crippen molar-refractivity contribution in [2.45, 2.75) is 84.4 Å². The van der Waals surface area contributed by atoms with Crippen LogP contribution >= 0.6 is 0 Å². The van der Waals surface area contributed by atoms with Gasteiger partial charge in [-0.3, -0.25) is 4.79 Å². The van der Waals surface area contributed by atoms with Crippen molar-refractivity contribution in [3.63, 3.8) is 0 Å². The summed E-state index contributed by atoms with van der Waals surface area (Å²) in [6.45, 7) is 11.4. The molecule has 8 atom stereocenters. The van der Waals surface area contributed by atoms with Crippen molar-refractivity contribution in [2.24, 2.45) is 23.7 Å². The van der Waals surface area contributed by atoms with Gasteiger partial charge in [0.2, 0.25) is 0 Å². The highest BCUT2D eigenvalue weighted by Gasteiger charge is 2.60. The minimum absolute atomic E-state index is 0.0122. The largest absolute Gasteiger partial charge is 0.459 e. The number of aliphatic hydroxyl groups excluding tert-OH is 1. The van der Waals surface area contributed by atoms with E-state index in [4.69, 9.17) is 9.47 Å². The van der Waals surface area contributed by atoms with Crippen LogP contribution in [0, 0.1) is 23.7 Å². The first-order valence-electron chi connectivity index (χ1n) is 10.1. The van der Waals surface area contributed by atoms with Gasteiger partial charge in [0, 0.05) is 25.2 Å². The zero-order valence-corrected chi connectivity index (χ0v) is 17.3. The molecular weight excluding hydrogens is 344 g/mol. The van der Waals surface area contributed by atoms with E-state index in [-0.39, 0.29) is 29.8 Å². The standard InChI is InChI=1S/C22H34O5/c1-11(2)18-15(24)10-13(4)19-16-9-12(3)7-8-17(26-14(5)23)22(6,25)21(27-16)20(18)19/h7,10-11,15-21,24-25H,8-9H2,1-6H3/b12-7-/t15-,16-,17+,18+,19-,20-,21-,22-/m1/s1. The van der Waals surface area contributed by atoms with Gasteiger partial charge in [-0.2, -0.15) is 0 Å². The minimum Gasteiger partial charge on any atom is -0.459 e. The molecule has 0 aromatic carbocycles. The Hall–Kier alpha value is -1.17. The van der Waals surface area contributed by atoms with Crippen LogP contribution in [0.5, 0.6) is 0 Å². The van der Waals surface area contributed by atoms with Crippen molar-refractivity contribution in [1.29, 1.82) is 0 Å². The Bertz CT molecular complexity index is 647. The van der Waals surface area contributed by atoms with E-state index in [1.165, 1.54) is 12.5 Å². The first-order valence-corrected chi connectivity index (χ1v) is 10.1. The molecule has 0 spiro atoms. The highest BCUT2D eigenvalue weighted by molar-refractivity contribution is 5.66. The van der Waals surface area contributed by atoms with Crippen LogP contribution < -0.4 is 0 Å². The first-order chi connectivity index (χ1) is 12.5. The molecule has 5 heteroatoms. The van der Waals surface area contributed by atoms with Gasteiger partial charge in [-0.15, -0.1) is 0 Å². The summed E-state index contributed by atoms with van der Waals surface area (Å²) in [5, 5.41) is 22.4. The molecule has 1 fully saturated rings. The maximum atomic E-state index is 11.7. The Kier molecular flexibility index (Phi) is 5.59. The van der Waals surface area contributed by atoms with Crippen LogP contribution in [0.25, 0.3) is 0 Å². The molecular formula is C22H34O5. The molecule has 2 aliphatic heterocycles. The van der Waals surface area contributed by atoms with Gasteiger partial charge in [-0.1, -0.05) is 37.1 Å². The maximum absolute atomic E-state index is 11.7. The third-order valence-electron chi connectivity index (χ3n) is 6.79. The van der Waals surface area contributed by atoms with Gasteiger partial charge < -0.3 is 19.7 Å². The first kappa shape index (κ1) is 20.6. The average Bonchev–Trinajstić information content (AvgIpc) is 2.91. The summed E-state index contributed by atoms with van der Waals surface area (Å²) in [6.07, 6.45) is 3.50. The van der Waals surface area contributed by atoms with Crippen LogP contribution in [-0.2, 0) is 14.3 Å². The predicted molar refractivity (Wildman–Crippen MR) is 103 cm³/mol. The smallest absolute Gasteiger partial charge is 0.303 e. The zero-order chi connectivity index (χ0) is 20.1. The fraction of sp³-hybridized carbons (Fsp3) is 0.773. The molecule has 5 nitrogen and oxygen atoms in total. The molecule has 0 aromatic rings. The molecule has 27 heavy (non-hydrogen) atoms. The average molecular weight is 379 g/mol. The van der Waals surface area contributed by atoms with Crippen molar-refractivity contribution in [2.75, 3.05) is 0 Å². The van der Waals surface area contributed by atoms with Gasteiger partial charge >= 0.3 is 5.97 Å². The highest BCUT2D eigenvalue weighted by atomic mass is 16.6. The number of hydrogen-bond donors (Lipinski definition) is 2. The Labute approximate surface area is 162 Å². The van der Waals surface area contributed by atoms with Crippen molar-refractivity contribution < 1.29 is 24.5 Å². The maximum Gasteiger partial charge on any atom is 0.303 e. The molecule has 0 radical (unpaired) electrons. The van der Waals surface area contributed by atoms with Crippen LogP contribution in [0.1, 0.15) is 54.4 Å². The second kappa shape index (κ2) is 7.34. The minimum atomic E-state index is -1.34. The molecule has 2 heterocycles. The number of fused-ring (bicyclic) bond motifs is 5. The number of hydrogen-bond acceptors (Lipinski definition) is 5. The van der Waals surface area contributed by atoms with Gasteiger partial charge in [0.25, 0.3) is 0 Å². The van der Waals surface area contributed by atoms with Gasteiger partial charge in [0.1, 0.15) is 11.7 Å². The summed E-state index contributed by atoms with van der Waals surface area (Å²) in [6, 6.07) is 0. The molecule has 152 valence electrons. The molecule has 2 N–H and O–H groups in total. The van der Waals surface area contributed by atoms with Crippen molar-refractivity contribution in [1.82, 2.24) is 0 Å². The van der Waals surface area contributed by atoms with Gasteiger partial charge in [-0.05, 0) is 39.0 Å². The normalized spacial score (nSPS) is 46.5. The van der Waals surface area contributed by atoms with E-state index in [9.17, 15) is 15.0 Å². The molecule has 1 aliphatic carbocycles. The predicted octanol–water partition coefficient (Wildman–Crippen LogP) is 3.00. The quantitative estimate of drug-likeness (QED) is 0.571. The zero-order valence-electron chi connectivity index (χ0n) is 17.3. The number of carbonyl (C=O) groups excluding carboxylic acids is 1. The monoisotopic (exact) mass is 378 g/mol. The van der Waals surface area contributed by atoms with Gasteiger partial charge in [0.15, 0.2) is 0 Å². The lowest BCUT2D eigenvalue weighted by molar-refractivity contribution is -0.189. The molecule has 0 unspecified atom stereocenters. The second-order valence-electron chi connectivity index (χ2n) is 9.24. The van der Waals surface area contributed by atoms with Crippen LogP contribution in [0.15, 0.2) is 23.3 Å². The molecule has 2 bridgehead atoms. The number of aliphatic hydroxyl groups is 2. The van der Waals surface area contributed by atoms with Crippen LogP contribution in [-0.4, -0.2) is 46.2 Å². The Balaban J connectivity index is 2.10. The Morgan fingerprint density at radius 2 is 2.04 bits per heavy atom. The lowest BCUT2D eigenvalue weighted by Crippen LogP contribution is -2.56. The number of esters is 1. The Morgan fingerprint density at radius 3 is 2.63 bits per heavy atom. The van der Waals surface area contributed by atoms with E-state index in [1.54, 1.807) is 6.92 Å². The fourth-order valence-electron chi connectivity index (χ4n) is 5.60. The number of ether oxygens (including phenoxy) is 2.